The van der Waals surface area contributed by atoms with Gasteiger partial charge >= 0.3 is 0 Å². The number of rotatable bonds is 4. The minimum Gasteiger partial charge on any atom is -0.375 e. The Balaban J connectivity index is 1.27. The minimum atomic E-state index is 0.0119. The van der Waals surface area contributed by atoms with Gasteiger partial charge in [0.1, 0.15) is 0 Å². The lowest BCUT2D eigenvalue weighted by Crippen LogP contribution is -2.54. The molecule has 0 bridgehead atoms. The summed E-state index contributed by atoms with van der Waals surface area (Å²) in [6, 6.07) is 2.75. The van der Waals surface area contributed by atoms with Gasteiger partial charge < -0.3 is 14.5 Å². The van der Waals surface area contributed by atoms with Crippen LogP contribution in [0.1, 0.15) is 56.3 Å². The highest BCUT2D eigenvalue weighted by atomic mass is 16.5. The molecule has 1 aromatic heterocycles. The number of piperidine rings is 1. The first kappa shape index (κ1) is 18.9. The van der Waals surface area contributed by atoms with Crippen LogP contribution in [0.25, 0.3) is 0 Å². The second kappa shape index (κ2) is 7.92. The number of hydrogen-bond acceptors (Lipinski definition) is 4. The van der Waals surface area contributed by atoms with Crippen molar-refractivity contribution in [2.45, 2.75) is 77.0 Å². The van der Waals surface area contributed by atoms with Crippen LogP contribution in [0.15, 0.2) is 6.07 Å². The van der Waals surface area contributed by atoms with Gasteiger partial charge in [0.15, 0.2) is 0 Å². The molecule has 3 saturated heterocycles. The number of amides is 1. The number of carbonyl (C=O) groups is 1. The van der Waals surface area contributed by atoms with Gasteiger partial charge in [0.05, 0.1) is 11.3 Å². The fourth-order valence-corrected chi connectivity index (χ4v) is 5.19. The second-order valence-electron chi connectivity index (χ2n) is 8.70. The van der Waals surface area contributed by atoms with E-state index in [1.165, 1.54) is 32.4 Å². The largest absolute Gasteiger partial charge is 0.375 e. The zero-order valence-corrected chi connectivity index (χ0v) is 17.0. The van der Waals surface area contributed by atoms with Crippen LogP contribution >= 0.6 is 0 Å². The lowest BCUT2D eigenvalue weighted by atomic mass is 9.82. The summed E-state index contributed by atoms with van der Waals surface area (Å²) in [5, 5.41) is 4.46. The predicted molar refractivity (Wildman–Crippen MR) is 105 cm³/mol. The Labute approximate surface area is 162 Å². The van der Waals surface area contributed by atoms with Gasteiger partial charge in [-0.3, -0.25) is 9.48 Å². The van der Waals surface area contributed by atoms with Crippen molar-refractivity contribution in [3.63, 3.8) is 0 Å². The molecule has 3 fully saturated rings. The predicted octanol–water partition coefficient (Wildman–Crippen LogP) is 2.53. The molecule has 1 spiro atoms. The van der Waals surface area contributed by atoms with E-state index in [1.807, 2.05) is 23.4 Å². The highest BCUT2D eigenvalue weighted by molar-refractivity contribution is 5.76. The number of hydrogen-bond donors (Lipinski definition) is 0. The summed E-state index contributed by atoms with van der Waals surface area (Å²) in [7, 11) is 0. The summed E-state index contributed by atoms with van der Waals surface area (Å²) in [5.41, 5.74) is 2.15. The molecule has 0 aromatic carbocycles. The van der Waals surface area contributed by atoms with Crippen LogP contribution in [-0.4, -0.2) is 69.9 Å². The Kier molecular flexibility index (Phi) is 5.55. The molecule has 0 N–H and O–H groups in total. The summed E-state index contributed by atoms with van der Waals surface area (Å²) in [6.45, 7) is 9.79. The number of ether oxygens (including phenoxy) is 1. The molecule has 6 heteroatoms. The van der Waals surface area contributed by atoms with Crippen LogP contribution in [0.4, 0.5) is 0 Å². The lowest BCUT2D eigenvalue weighted by Gasteiger charge is -2.48. The maximum Gasteiger partial charge on any atom is 0.224 e. The third-order valence-corrected chi connectivity index (χ3v) is 6.79. The van der Waals surface area contributed by atoms with Crippen LogP contribution in [0.2, 0.25) is 0 Å². The fourth-order valence-electron chi connectivity index (χ4n) is 5.19. The molecule has 1 atom stereocenters. The Morgan fingerprint density at radius 3 is 2.63 bits per heavy atom. The van der Waals surface area contributed by atoms with Crippen molar-refractivity contribution in [2.75, 3.05) is 32.8 Å². The quantitative estimate of drug-likeness (QED) is 0.813. The molecule has 0 saturated carbocycles. The summed E-state index contributed by atoms with van der Waals surface area (Å²) in [6.07, 6.45) is 7.54. The van der Waals surface area contributed by atoms with E-state index in [1.54, 1.807) is 0 Å². The van der Waals surface area contributed by atoms with Crippen LogP contribution in [-0.2, 0) is 16.1 Å². The topological polar surface area (TPSA) is 50.6 Å². The first-order valence-corrected chi connectivity index (χ1v) is 10.7. The monoisotopic (exact) mass is 374 g/mol. The van der Waals surface area contributed by atoms with Gasteiger partial charge in [-0.25, -0.2) is 0 Å². The normalized spacial score (nSPS) is 26.0. The van der Waals surface area contributed by atoms with E-state index in [4.69, 9.17) is 4.74 Å². The molecular weight excluding hydrogens is 340 g/mol. The van der Waals surface area contributed by atoms with Crippen molar-refractivity contribution < 1.29 is 9.53 Å². The smallest absolute Gasteiger partial charge is 0.224 e. The summed E-state index contributed by atoms with van der Waals surface area (Å²) < 4.78 is 8.24. The Hall–Kier alpha value is -1.40. The van der Waals surface area contributed by atoms with Gasteiger partial charge in [-0.2, -0.15) is 5.10 Å². The maximum atomic E-state index is 12.7. The first-order valence-electron chi connectivity index (χ1n) is 10.7. The van der Waals surface area contributed by atoms with Crippen LogP contribution < -0.4 is 0 Å². The van der Waals surface area contributed by atoms with E-state index in [-0.39, 0.29) is 11.5 Å². The molecule has 4 heterocycles. The molecule has 0 aliphatic carbocycles. The van der Waals surface area contributed by atoms with Crippen molar-refractivity contribution in [2.24, 2.45) is 0 Å². The number of aryl methyl sites for hydroxylation is 3. The summed E-state index contributed by atoms with van der Waals surface area (Å²) in [5.74, 6) is 0.254. The minimum absolute atomic E-state index is 0.0119. The number of nitrogens with zero attached hydrogens (tertiary/aromatic N) is 4. The molecule has 1 aromatic rings. The highest BCUT2D eigenvalue weighted by Crippen LogP contribution is 2.37. The average molecular weight is 375 g/mol. The Bertz CT molecular complexity index is 657. The molecule has 4 rings (SSSR count). The standard InChI is InChI=1S/C21H34N4O2/c1-17-15-18(2)25(22-17)11-5-20(26)24-12-7-21(8-13-24)16-19(6-14-27-21)23-9-3-4-10-23/h15,19H,3-14,16H2,1-2H3. The van der Waals surface area contributed by atoms with Gasteiger partial charge in [0.2, 0.25) is 5.91 Å². The van der Waals surface area contributed by atoms with Crippen molar-refractivity contribution in [1.82, 2.24) is 19.6 Å². The van der Waals surface area contributed by atoms with Crippen molar-refractivity contribution in [3.05, 3.63) is 17.5 Å². The Morgan fingerprint density at radius 1 is 1.22 bits per heavy atom. The molecule has 3 aliphatic rings. The molecule has 6 nitrogen and oxygen atoms in total. The molecule has 0 radical (unpaired) electrons. The summed E-state index contributed by atoms with van der Waals surface area (Å²) >= 11 is 0. The Morgan fingerprint density at radius 2 is 1.96 bits per heavy atom. The lowest BCUT2D eigenvalue weighted by molar-refractivity contribution is -0.148. The number of likely N-dealkylation sites (tertiary alicyclic amines) is 2. The molecule has 3 aliphatic heterocycles. The van der Waals surface area contributed by atoms with Crippen molar-refractivity contribution in [3.8, 4) is 0 Å². The average Bonchev–Trinajstić information content (AvgIpc) is 3.30. The van der Waals surface area contributed by atoms with E-state index in [2.05, 4.69) is 16.1 Å². The molecular formula is C21H34N4O2. The van der Waals surface area contributed by atoms with E-state index in [0.29, 0.717) is 19.0 Å². The van der Waals surface area contributed by atoms with Gasteiger partial charge in [0.25, 0.3) is 0 Å². The number of carbonyl (C=O) groups excluding carboxylic acids is 1. The molecule has 150 valence electrons. The molecule has 1 unspecified atom stereocenters. The molecule has 1 amide bonds. The zero-order chi connectivity index (χ0) is 18.9. The highest BCUT2D eigenvalue weighted by Gasteiger charge is 2.42. The third-order valence-electron chi connectivity index (χ3n) is 6.79. The van der Waals surface area contributed by atoms with Gasteiger partial charge in [-0.1, -0.05) is 0 Å². The van der Waals surface area contributed by atoms with E-state index in [9.17, 15) is 4.79 Å². The first-order chi connectivity index (χ1) is 13.0. The molecule has 27 heavy (non-hydrogen) atoms. The van der Waals surface area contributed by atoms with Gasteiger partial charge in [-0.05, 0) is 71.5 Å². The second-order valence-corrected chi connectivity index (χ2v) is 8.70. The maximum absolute atomic E-state index is 12.7. The summed E-state index contributed by atoms with van der Waals surface area (Å²) in [4.78, 5) is 17.4. The van der Waals surface area contributed by atoms with Crippen LogP contribution in [0, 0.1) is 13.8 Å². The van der Waals surface area contributed by atoms with Crippen LogP contribution in [0.5, 0.6) is 0 Å². The van der Waals surface area contributed by atoms with Crippen molar-refractivity contribution >= 4 is 5.91 Å². The van der Waals surface area contributed by atoms with Gasteiger partial charge in [0, 0.05) is 44.4 Å². The number of aromatic nitrogens is 2. The van der Waals surface area contributed by atoms with E-state index in [0.717, 1.165) is 50.3 Å². The van der Waals surface area contributed by atoms with E-state index >= 15 is 0 Å². The zero-order valence-electron chi connectivity index (χ0n) is 17.0. The van der Waals surface area contributed by atoms with Gasteiger partial charge in [-0.15, -0.1) is 0 Å². The van der Waals surface area contributed by atoms with Crippen molar-refractivity contribution in [1.29, 1.82) is 0 Å². The fraction of sp³-hybridized carbons (Fsp3) is 0.810. The third kappa shape index (κ3) is 4.21. The SMILES string of the molecule is Cc1cc(C)n(CCC(=O)N2CCC3(CC2)CC(N2CCCC2)CCO3)n1. The van der Waals surface area contributed by atoms with Crippen LogP contribution in [0.3, 0.4) is 0 Å². The van der Waals surface area contributed by atoms with E-state index < -0.39 is 0 Å².